The molecule has 0 aliphatic heterocycles. The number of aliphatic carboxylic acids is 2. The molecule has 3 rings (SSSR count). The Labute approximate surface area is 199 Å². The number of ketones is 1. The number of rotatable bonds is 10. The van der Waals surface area contributed by atoms with Gasteiger partial charge in [-0.25, -0.2) is 14.8 Å². The van der Waals surface area contributed by atoms with Gasteiger partial charge in [0.2, 0.25) is 5.95 Å². The van der Waals surface area contributed by atoms with Crippen LogP contribution in [0.5, 0.6) is 0 Å². The maximum absolute atomic E-state index is 13.2. The molecule has 0 amide bonds. The third-order valence-electron chi connectivity index (χ3n) is 5.62. The van der Waals surface area contributed by atoms with E-state index < -0.39 is 35.2 Å². The van der Waals surface area contributed by atoms with E-state index in [9.17, 15) is 24.3 Å². The summed E-state index contributed by atoms with van der Waals surface area (Å²) in [5.41, 5.74) is 4.32. The summed E-state index contributed by atoms with van der Waals surface area (Å²) in [6.45, 7) is 1.79. The van der Waals surface area contributed by atoms with E-state index in [-0.39, 0.29) is 35.1 Å². The van der Waals surface area contributed by atoms with E-state index in [1.807, 2.05) is 0 Å². The highest BCUT2D eigenvalue weighted by molar-refractivity contribution is 6.16. The molecular formula is C22H25N7O6. The first-order chi connectivity index (χ1) is 16.5. The number of H-pyrrole nitrogens is 1. The number of benzene rings is 1. The van der Waals surface area contributed by atoms with Gasteiger partial charge in [0.1, 0.15) is 0 Å². The van der Waals surface area contributed by atoms with Gasteiger partial charge in [0, 0.05) is 17.7 Å². The molecule has 1 aromatic carbocycles. The predicted molar refractivity (Wildman–Crippen MR) is 126 cm³/mol. The van der Waals surface area contributed by atoms with Crippen molar-refractivity contribution in [2.24, 2.45) is 0 Å². The van der Waals surface area contributed by atoms with Crippen LogP contribution in [0.3, 0.4) is 0 Å². The molecule has 0 saturated heterocycles. The summed E-state index contributed by atoms with van der Waals surface area (Å²) < 4.78 is 0. The smallest absolute Gasteiger partial charge is 0.332 e. The van der Waals surface area contributed by atoms with Gasteiger partial charge in [-0.3, -0.25) is 24.3 Å². The molecule has 0 fully saturated rings. The van der Waals surface area contributed by atoms with Crippen LogP contribution in [0.2, 0.25) is 0 Å². The van der Waals surface area contributed by atoms with Crippen LogP contribution in [0.1, 0.15) is 41.9 Å². The molecule has 0 saturated carbocycles. The van der Waals surface area contributed by atoms with Gasteiger partial charge in [-0.1, -0.05) is 0 Å². The van der Waals surface area contributed by atoms with E-state index in [1.54, 1.807) is 19.1 Å². The maximum atomic E-state index is 13.2. The number of carbonyl (C=O) groups excluding carboxylic acids is 1. The normalized spacial score (nSPS) is 13.8. The first kappa shape index (κ1) is 25.2. The van der Waals surface area contributed by atoms with Gasteiger partial charge in [-0.2, -0.15) is 4.98 Å². The zero-order valence-electron chi connectivity index (χ0n) is 19.3. The molecule has 0 radical (unpaired) electrons. The first-order valence-corrected chi connectivity index (χ1v) is 10.5. The minimum absolute atomic E-state index is 0.0429. The summed E-state index contributed by atoms with van der Waals surface area (Å²) in [5.74, 6) is -3.40. The minimum Gasteiger partial charge on any atom is -0.481 e. The third kappa shape index (κ3) is 5.09. The van der Waals surface area contributed by atoms with Crippen LogP contribution in [-0.2, 0) is 9.59 Å². The van der Waals surface area contributed by atoms with E-state index in [0.29, 0.717) is 11.4 Å². The summed E-state index contributed by atoms with van der Waals surface area (Å²) >= 11 is 0. The van der Waals surface area contributed by atoms with Crippen LogP contribution >= 0.6 is 0 Å². The average molecular weight is 483 g/mol. The number of anilines is 2. The second-order valence-electron chi connectivity index (χ2n) is 8.14. The Kier molecular flexibility index (Phi) is 7.10. The lowest BCUT2D eigenvalue weighted by Gasteiger charge is -2.34. The van der Waals surface area contributed by atoms with Crippen LogP contribution in [0.25, 0.3) is 11.2 Å². The summed E-state index contributed by atoms with van der Waals surface area (Å²) in [5, 5.41) is 22.0. The molecule has 35 heavy (non-hydrogen) atoms. The molecule has 2 aromatic heterocycles. The number of hydrogen-bond acceptors (Lipinski definition) is 10. The second-order valence-corrected chi connectivity index (χ2v) is 8.14. The highest BCUT2D eigenvalue weighted by Crippen LogP contribution is 2.27. The molecule has 2 heterocycles. The van der Waals surface area contributed by atoms with Gasteiger partial charge < -0.3 is 21.3 Å². The number of hydrogen-bond donors (Lipinski definition) is 5. The van der Waals surface area contributed by atoms with Crippen molar-refractivity contribution in [2.75, 3.05) is 25.1 Å². The van der Waals surface area contributed by atoms with E-state index in [2.05, 4.69) is 25.3 Å². The molecule has 3 aromatic rings. The Morgan fingerprint density at radius 1 is 1.17 bits per heavy atom. The van der Waals surface area contributed by atoms with Gasteiger partial charge in [0.05, 0.1) is 17.9 Å². The monoisotopic (exact) mass is 483 g/mol. The van der Waals surface area contributed by atoms with Gasteiger partial charge >= 0.3 is 11.9 Å². The zero-order valence-corrected chi connectivity index (χ0v) is 19.3. The molecule has 1 unspecified atom stereocenters. The van der Waals surface area contributed by atoms with Gasteiger partial charge in [0.25, 0.3) is 5.56 Å². The lowest BCUT2D eigenvalue weighted by atomic mass is 9.83. The highest BCUT2D eigenvalue weighted by atomic mass is 16.4. The number of aromatic amines is 1. The molecule has 13 heteroatoms. The number of aromatic nitrogens is 4. The van der Waals surface area contributed by atoms with E-state index in [0.717, 1.165) is 0 Å². The third-order valence-corrected chi connectivity index (χ3v) is 5.62. The Balaban J connectivity index is 1.83. The molecule has 2 atom stereocenters. The number of carbonyl (C=O) groups is 3. The number of nitrogen functional groups attached to an aromatic ring is 1. The zero-order chi connectivity index (χ0) is 25.9. The van der Waals surface area contributed by atoms with Crippen LogP contribution < -0.4 is 16.6 Å². The number of likely N-dealkylation sites (N-methyl/N-ethyl adjacent to an activating group) is 1. The lowest BCUT2D eigenvalue weighted by Crippen LogP contribution is -2.57. The number of nitrogens with one attached hydrogen (secondary N) is 2. The highest BCUT2D eigenvalue weighted by Gasteiger charge is 2.48. The van der Waals surface area contributed by atoms with Crippen LogP contribution in [0.15, 0.2) is 35.3 Å². The van der Waals surface area contributed by atoms with Gasteiger partial charge in [0.15, 0.2) is 22.5 Å². The minimum atomic E-state index is -2.02. The van der Waals surface area contributed by atoms with Crippen molar-refractivity contribution >= 4 is 40.5 Å². The quantitative estimate of drug-likeness (QED) is 0.201. The van der Waals surface area contributed by atoms with Crippen molar-refractivity contribution in [1.29, 1.82) is 0 Å². The van der Waals surface area contributed by atoms with E-state index >= 15 is 0 Å². The van der Waals surface area contributed by atoms with Crippen molar-refractivity contribution in [2.45, 2.75) is 31.3 Å². The molecule has 0 aliphatic rings. The van der Waals surface area contributed by atoms with Crippen molar-refractivity contribution in [3.05, 3.63) is 52.1 Å². The number of nitrogens with zero attached hydrogens (tertiary/aromatic N) is 4. The summed E-state index contributed by atoms with van der Waals surface area (Å²) in [6.07, 6.45) is 0.594. The number of carboxylic acid groups (broad SMARTS) is 2. The molecule has 13 nitrogen and oxygen atoms in total. The average Bonchev–Trinajstić information content (AvgIpc) is 2.78. The summed E-state index contributed by atoms with van der Waals surface area (Å²) in [4.78, 5) is 64.4. The topological polar surface area (TPSA) is 204 Å². The van der Waals surface area contributed by atoms with Crippen LogP contribution in [0.4, 0.5) is 11.6 Å². The van der Waals surface area contributed by atoms with Crippen LogP contribution in [0, 0.1) is 0 Å². The SMILES string of the molecule is CC(Nc1ccc(C(=O)[C@](CCC(=O)O)(C(=O)O)N(C)C)cc1)c1cnc2nc(N)[nH]c(=O)c2n1. The maximum Gasteiger partial charge on any atom is 0.332 e. The van der Waals surface area contributed by atoms with Gasteiger partial charge in [-0.15, -0.1) is 0 Å². The van der Waals surface area contributed by atoms with Gasteiger partial charge in [-0.05, 0) is 51.7 Å². The van der Waals surface area contributed by atoms with Crippen LogP contribution in [-0.4, -0.2) is 72.4 Å². The summed E-state index contributed by atoms with van der Waals surface area (Å²) in [6, 6.07) is 5.71. The number of carboxylic acids is 2. The fourth-order valence-electron chi connectivity index (χ4n) is 3.66. The Hall–Kier alpha value is -4.39. The van der Waals surface area contributed by atoms with E-state index in [1.165, 1.54) is 37.3 Å². The Morgan fingerprint density at radius 3 is 2.40 bits per heavy atom. The van der Waals surface area contributed by atoms with Crippen molar-refractivity contribution in [1.82, 2.24) is 24.8 Å². The van der Waals surface area contributed by atoms with Crippen molar-refractivity contribution in [3.63, 3.8) is 0 Å². The summed E-state index contributed by atoms with van der Waals surface area (Å²) in [7, 11) is 2.84. The molecular weight excluding hydrogens is 458 g/mol. The second kappa shape index (κ2) is 9.85. The molecule has 0 bridgehead atoms. The van der Waals surface area contributed by atoms with Crippen molar-refractivity contribution < 1.29 is 24.6 Å². The van der Waals surface area contributed by atoms with E-state index in [4.69, 9.17) is 10.8 Å². The lowest BCUT2D eigenvalue weighted by molar-refractivity contribution is -0.148. The fourth-order valence-corrected chi connectivity index (χ4v) is 3.66. The number of Topliss-reactive ketones (excluding diaryl/α,β-unsaturated/α-hetero) is 1. The molecule has 6 N–H and O–H groups in total. The standard InChI is InChI=1S/C22H25N7O6/c1-11(14-10-24-18-16(26-14)19(33)28-21(23)27-18)25-13-6-4-12(5-7-13)17(32)22(20(34)35,29(2)3)9-8-15(30)31/h4-7,10-11,25H,8-9H2,1-3H3,(H,30,31)(H,34,35)(H3,23,24,27,28,33)/t11?,22-/m1/s1. The molecule has 0 spiro atoms. The first-order valence-electron chi connectivity index (χ1n) is 10.5. The molecule has 184 valence electrons. The number of fused-ring (bicyclic) bond motifs is 1. The molecule has 0 aliphatic carbocycles. The number of nitrogens with two attached hydrogens (primary N) is 1. The predicted octanol–water partition coefficient (Wildman–Crippen LogP) is 0.901. The largest absolute Gasteiger partial charge is 0.481 e. The fraction of sp³-hybridized carbons (Fsp3) is 0.318. The Bertz CT molecular complexity index is 1340. The Morgan fingerprint density at radius 2 is 1.83 bits per heavy atom. The van der Waals surface area contributed by atoms with Crippen molar-refractivity contribution in [3.8, 4) is 0 Å².